The number of benzene rings is 3. The number of rotatable bonds is 6. The van der Waals surface area contributed by atoms with E-state index >= 15 is 0 Å². The van der Waals surface area contributed by atoms with Crippen LogP contribution < -0.4 is 15.4 Å². The molecule has 0 atom stereocenters. The van der Waals surface area contributed by atoms with Crippen molar-refractivity contribution < 1.29 is 19.1 Å². The Morgan fingerprint density at radius 1 is 0.818 bits per heavy atom. The molecule has 0 fully saturated rings. The fraction of sp³-hybridized carbons (Fsp3) is 0.222. The second-order valence-corrected chi connectivity index (χ2v) is 8.74. The summed E-state index contributed by atoms with van der Waals surface area (Å²) in [6.07, 6.45) is 0. The van der Waals surface area contributed by atoms with E-state index in [1.807, 2.05) is 36.4 Å². The highest BCUT2D eigenvalue weighted by atomic mass is 16.5. The van der Waals surface area contributed by atoms with Gasteiger partial charge < -0.3 is 15.4 Å². The lowest BCUT2D eigenvalue weighted by Crippen LogP contribution is -2.24. The van der Waals surface area contributed by atoms with Gasteiger partial charge in [-0.15, -0.1) is 0 Å². The number of amides is 2. The lowest BCUT2D eigenvalue weighted by atomic mass is 9.87. The Morgan fingerprint density at radius 3 is 2.18 bits per heavy atom. The van der Waals surface area contributed by atoms with E-state index in [2.05, 4.69) is 31.4 Å². The van der Waals surface area contributed by atoms with Crippen LogP contribution in [0, 0.1) is 0 Å². The molecule has 0 heterocycles. The van der Waals surface area contributed by atoms with Crippen LogP contribution in [-0.4, -0.2) is 17.8 Å². The molecule has 0 aliphatic heterocycles. The molecule has 0 saturated carbocycles. The van der Waals surface area contributed by atoms with Gasteiger partial charge in [0.15, 0.2) is 0 Å². The quantitative estimate of drug-likeness (QED) is 0.410. The van der Waals surface area contributed by atoms with Gasteiger partial charge >= 0.3 is 5.97 Å². The number of hydrogen-bond acceptors (Lipinski definition) is 4. The van der Waals surface area contributed by atoms with E-state index in [1.165, 1.54) is 13.0 Å². The molecular formula is C27H28N2O4. The molecule has 0 unspecified atom stereocenters. The van der Waals surface area contributed by atoms with Gasteiger partial charge in [-0.3, -0.25) is 14.4 Å². The Kier molecular flexibility index (Phi) is 7.28. The van der Waals surface area contributed by atoms with Gasteiger partial charge in [-0.2, -0.15) is 0 Å². The average molecular weight is 445 g/mol. The molecule has 0 saturated heterocycles. The van der Waals surface area contributed by atoms with E-state index in [0.29, 0.717) is 22.6 Å². The van der Waals surface area contributed by atoms with Crippen LogP contribution in [0.15, 0.2) is 72.8 Å². The van der Waals surface area contributed by atoms with E-state index in [-0.39, 0.29) is 23.8 Å². The number of anilines is 1. The molecule has 0 aliphatic carbocycles. The summed E-state index contributed by atoms with van der Waals surface area (Å²) in [6, 6.07) is 21.2. The van der Waals surface area contributed by atoms with Crippen molar-refractivity contribution in [2.75, 3.05) is 5.32 Å². The number of para-hydroxylation sites is 1. The molecule has 0 radical (unpaired) electrons. The van der Waals surface area contributed by atoms with Crippen molar-refractivity contribution in [3.8, 4) is 5.75 Å². The van der Waals surface area contributed by atoms with Gasteiger partial charge in [0.25, 0.3) is 11.8 Å². The van der Waals surface area contributed by atoms with Crippen LogP contribution in [0.1, 0.15) is 59.5 Å². The zero-order chi connectivity index (χ0) is 24.0. The number of hydrogen-bond donors (Lipinski definition) is 2. The van der Waals surface area contributed by atoms with Crippen LogP contribution in [0.5, 0.6) is 5.75 Å². The minimum atomic E-state index is -0.457. The largest absolute Gasteiger partial charge is 0.427 e. The van der Waals surface area contributed by atoms with Crippen LogP contribution in [0.2, 0.25) is 0 Å². The molecule has 0 bridgehead atoms. The summed E-state index contributed by atoms with van der Waals surface area (Å²) in [5.41, 5.74) is 3.46. The third-order valence-corrected chi connectivity index (χ3v) is 5.08. The Bertz CT molecular complexity index is 1160. The van der Waals surface area contributed by atoms with Gasteiger partial charge in [0.05, 0.1) is 0 Å². The first-order valence-electron chi connectivity index (χ1n) is 10.7. The molecule has 3 rings (SSSR count). The van der Waals surface area contributed by atoms with Crippen molar-refractivity contribution in [1.29, 1.82) is 0 Å². The summed E-state index contributed by atoms with van der Waals surface area (Å²) in [7, 11) is 0. The molecule has 6 heteroatoms. The molecule has 3 aromatic carbocycles. The van der Waals surface area contributed by atoms with Crippen molar-refractivity contribution in [3.05, 3.63) is 95.1 Å². The Morgan fingerprint density at radius 2 is 1.52 bits per heavy atom. The van der Waals surface area contributed by atoms with Crippen molar-refractivity contribution in [3.63, 3.8) is 0 Å². The van der Waals surface area contributed by atoms with Gasteiger partial charge in [-0.1, -0.05) is 57.2 Å². The third-order valence-electron chi connectivity index (χ3n) is 5.08. The Balaban J connectivity index is 1.67. The number of nitrogens with one attached hydrogen (secondary N) is 2. The van der Waals surface area contributed by atoms with Crippen molar-refractivity contribution >= 4 is 23.5 Å². The number of carbonyl (C=O) groups is 3. The molecular weight excluding hydrogens is 416 g/mol. The SMILES string of the molecule is CC(=O)Oc1cccc(C(=O)Nc2ccccc2CNC(=O)c2ccc(C(C)(C)C)cc2)c1. The van der Waals surface area contributed by atoms with E-state index in [4.69, 9.17) is 4.74 Å². The van der Waals surface area contributed by atoms with Crippen molar-refractivity contribution in [1.82, 2.24) is 5.32 Å². The van der Waals surface area contributed by atoms with Gasteiger partial charge in [0, 0.05) is 30.3 Å². The number of carbonyl (C=O) groups excluding carboxylic acids is 3. The van der Waals surface area contributed by atoms with Crippen LogP contribution >= 0.6 is 0 Å². The Hall–Kier alpha value is -3.93. The minimum Gasteiger partial charge on any atom is -0.427 e. The highest BCUT2D eigenvalue weighted by molar-refractivity contribution is 6.05. The topological polar surface area (TPSA) is 84.5 Å². The summed E-state index contributed by atoms with van der Waals surface area (Å²) < 4.78 is 5.05. The van der Waals surface area contributed by atoms with E-state index in [9.17, 15) is 14.4 Å². The Labute approximate surface area is 194 Å². The highest BCUT2D eigenvalue weighted by Crippen LogP contribution is 2.22. The zero-order valence-electron chi connectivity index (χ0n) is 19.3. The number of esters is 1. The first-order chi connectivity index (χ1) is 15.6. The fourth-order valence-electron chi connectivity index (χ4n) is 3.26. The van der Waals surface area contributed by atoms with Crippen molar-refractivity contribution in [2.45, 2.75) is 39.7 Å². The smallest absolute Gasteiger partial charge is 0.308 e. The molecule has 2 N–H and O–H groups in total. The second-order valence-electron chi connectivity index (χ2n) is 8.74. The highest BCUT2D eigenvalue weighted by Gasteiger charge is 2.15. The van der Waals surface area contributed by atoms with E-state index in [1.54, 1.807) is 30.3 Å². The standard InChI is InChI=1S/C27H28N2O4/c1-18(30)33-23-10-7-9-20(16-23)26(32)29-24-11-6-5-8-21(24)17-28-25(31)19-12-14-22(15-13-19)27(2,3)4/h5-16H,17H2,1-4H3,(H,28,31)(H,29,32). The first kappa shape index (κ1) is 23.7. The fourth-order valence-corrected chi connectivity index (χ4v) is 3.26. The molecule has 0 aromatic heterocycles. The normalized spacial score (nSPS) is 10.9. The van der Waals surface area contributed by atoms with Gasteiger partial charge in [-0.05, 0) is 52.9 Å². The third kappa shape index (κ3) is 6.53. The maximum Gasteiger partial charge on any atom is 0.308 e. The van der Waals surface area contributed by atoms with E-state index in [0.717, 1.165) is 11.1 Å². The van der Waals surface area contributed by atoms with Crippen LogP contribution in [0.4, 0.5) is 5.69 Å². The van der Waals surface area contributed by atoms with Gasteiger partial charge in [0.2, 0.25) is 0 Å². The predicted octanol–water partition coefficient (Wildman–Crippen LogP) is 5.09. The molecule has 33 heavy (non-hydrogen) atoms. The summed E-state index contributed by atoms with van der Waals surface area (Å²) in [6.45, 7) is 7.93. The molecule has 3 aromatic rings. The monoisotopic (exact) mass is 444 g/mol. The zero-order valence-corrected chi connectivity index (χ0v) is 19.3. The predicted molar refractivity (Wildman–Crippen MR) is 128 cm³/mol. The lowest BCUT2D eigenvalue weighted by molar-refractivity contribution is -0.131. The molecule has 6 nitrogen and oxygen atoms in total. The van der Waals surface area contributed by atoms with Crippen LogP contribution in [0.25, 0.3) is 0 Å². The van der Waals surface area contributed by atoms with Crippen LogP contribution in [-0.2, 0) is 16.8 Å². The molecule has 2 amide bonds. The second kappa shape index (κ2) is 10.1. The van der Waals surface area contributed by atoms with Crippen LogP contribution in [0.3, 0.4) is 0 Å². The summed E-state index contributed by atoms with van der Waals surface area (Å²) >= 11 is 0. The van der Waals surface area contributed by atoms with Gasteiger partial charge in [0.1, 0.15) is 5.75 Å². The molecule has 0 spiro atoms. The maximum absolute atomic E-state index is 12.7. The van der Waals surface area contributed by atoms with Gasteiger partial charge in [-0.25, -0.2) is 0 Å². The minimum absolute atomic E-state index is 0.0177. The average Bonchev–Trinajstić information content (AvgIpc) is 2.77. The molecule has 170 valence electrons. The van der Waals surface area contributed by atoms with E-state index < -0.39 is 5.97 Å². The maximum atomic E-state index is 12.7. The number of ether oxygens (including phenoxy) is 1. The van der Waals surface area contributed by atoms with Crippen molar-refractivity contribution in [2.24, 2.45) is 0 Å². The summed E-state index contributed by atoms with van der Waals surface area (Å²) in [5.74, 6) is -0.693. The first-order valence-corrected chi connectivity index (χ1v) is 10.7. The molecule has 0 aliphatic rings. The lowest BCUT2D eigenvalue weighted by Gasteiger charge is -2.19. The summed E-state index contributed by atoms with van der Waals surface area (Å²) in [4.78, 5) is 36.5. The summed E-state index contributed by atoms with van der Waals surface area (Å²) in [5, 5.41) is 5.77.